The second-order valence-electron chi connectivity index (χ2n) is 5.04. The lowest BCUT2D eigenvalue weighted by atomic mass is 10.3. The first-order valence-electron chi connectivity index (χ1n) is 7.14. The maximum absolute atomic E-state index is 12.3. The van der Waals surface area contributed by atoms with Crippen molar-refractivity contribution in [2.24, 2.45) is 0 Å². The molecule has 9 nitrogen and oxygen atoms in total. The molecule has 0 aromatic heterocycles. The Morgan fingerprint density at radius 3 is 2.61 bits per heavy atom. The van der Waals surface area contributed by atoms with Crippen molar-refractivity contribution in [3.8, 4) is 0 Å². The third kappa shape index (κ3) is 4.31. The van der Waals surface area contributed by atoms with Crippen LogP contribution in [0.1, 0.15) is 6.42 Å². The van der Waals surface area contributed by atoms with Gasteiger partial charge in [-0.05, 0) is 12.5 Å². The van der Waals surface area contributed by atoms with Gasteiger partial charge in [-0.1, -0.05) is 6.07 Å². The average molecular weight is 322 g/mol. The molecule has 1 saturated heterocycles. The number of ether oxygens (including phenoxy) is 1. The zero-order valence-electron chi connectivity index (χ0n) is 12.7. The smallest absolute Gasteiger partial charge is 0.409 e. The number of rotatable bonds is 2. The second kappa shape index (κ2) is 7.43. The molecule has 0 saturated carbocycles. The zero-order chi connectivity index (χ0) is 16.8. The van der Waals surface area contributed by atoms with Crippen molar-refractivity contribution in [3.05, 3.63) is 34.4 Å². The molecule has 3 amide bonds. The van der Waals surface area contributed by atoms with Gasteiger partial charge >= 0.3 is 12.1 Å². The van der Waals surface area contributed by atoms with Crippen LogP contribution < -0.4 is 5.32 Å². The molecule has 0 atom stereocenters. The Hall–Kier alpha value is -2.84. The molecule has 1 fully saturated rings. The van der Waals surface area contributed by atoms with Crippen molar-refractivity contribution in [2.45, 2.75) is 6.42 Å². The van der Waals surface area contributed by atoms with Gasteiger partial charge in [0, 0.05) is 44.0 Å². The van der Waals surface area contributed by atoms with Gasteiger partial charge in [-0.25, -0.2) is 9.59 Å². The molecule has 0 spiro atoms. The van der Waals surface area contributed by atoms with E-state index in [0.29, 0.717) is 38.3 Å². The average Bonchev–Trinajstić information content (AvgIpc) is 2.80. The molecule has 1 aliphatic heterocycles. The first-order chi connectivity index (χ1) is 11.0. The summed E-state index contributed by atoms with van der Waals surface area (Å²) in [5.74, 6) is 0. The predicted octanol–water partition coefficient (Wildman–Crippen LogP) is 1.90. The van der Waals surface area contributed by atoms with E-state index in [1.54, 1.807) is 15.9 Å². The Kier molecular flexibility index (Phi) is 5.34. The van der Waals surface area contributed by atoms with Crippen molar-refractivity contribution < 1.29 is 19.2 Å². The largest absolute Gasteiger partial charge is 0.453 e. The first-order valence-corrected chi connectivity index (χ1v) is 7.14. The van der Waals surface area contributed by atoms with Gasteiger partial charge in [0.1, 0.15) is 0 Å². The Morgan fingerprint density at radius 1 is 1.22 bits per heavy atom. The third-order valence-corrected chi connectivity index (χ3v) is 3.52. The molecule has 1 aromatic rings. The number of hydrogen-bond acceptors (Lipinski definition) is 5. The Balaban J connectivity index is 1.97. The van der Waals surface area contributed by atoms with Gasteiger partial charge < -0.3 is 19.9 Å². The molecule has 1 aliphatic rings. The Labute approximate surface area is 133 Å². The van der Waals surface area contributed by atoms with E-state index in [-0.39, 0.29) is 11.7 Å². The van der Waals surface area contributed by atoms with Crippen LogP contribution in [0.5, 0.6) is 0 Å². The van der Waals surface area contributed by atoms with E-state index >= 15 is 0 Å². The van der Waals surface area contributed by atoms with Crippen molar-refractivity contribution >= 4 is 23.5 Å². The number of carbonyl (C=O) groups excluding carboxylic acids is 2. The van der Waals surface area contributed by atoms with Crippen molar-refractivity contribution in [2.75, 3.05) is 38.6 Å². The van der Waals surface area contributed by atoms with Crippen LogP contribution >= 0.6 is 0 Å². The van der Waals surface area contributed by atoms with Gasteiger partial charge in [-0.2, -0.15) is 0 Å². The molecule has 1 heterocycles. The number of benzene rings is 1. The number of methoxy groups -OCH3 is 1. The lowest BCUT2D eigenvalue weighted by molar-refractivity contribution is -0.384. The fraction of sp³-hybridized carbons (Fsp3) is 0.429. The normalized spacial score (nSPS) is 14.8. The third-order valence-electron chi connectivity index (χ3n) is 3.52. The van der Waals surface area contributed by atoms with Crippen molar-refractivity contribution in [1.82, 2.24) is 9.80 Å². The molecule has 2 rings (SSSR count). The highest BCUT2D eigenvalue weighted by Gasteiger charge is 2.22. The van der Waals surface area contributed by atoms with E-state index in [9.17, 15) is 19.7 Å². The van der Waals surface area contributed by atoms with Gasteiger partial charge in [-0.15, -0.1) is 0 Å². The molecular formula is C14H18N4O5. The van der Waals surface area contributed by atoms with Crippen LogP contribution in [0.3, 0.4) is 0 Å². The minimum Gasteiger partial charge on any atom is -0.453 e. The molecular weight excluding hydrogens is 304 g/mol. The summed E-state index contributed by atoms with van der Waals surface area (Å²) in [5.41, 5.74) is 0.272. The van der Waals surface area contributed by atoms with Crippen molar-refractivity contribution in [1.29, 1.82) is 0 Å². The van der Waals surface area contributed by atoms with Crippen LogP contribution in [-0.2, 0) is 4.74 Å². The first kappa shape index (κ1) is 16.5. The van der Waals surface area contributed by atoms with Crippen LogP contribution in [0.25, 0.3) is 0 Å². The molecule has 23 heavy (non-hydrogen) atoms. The standard InChI is InChI=1S/C14H18N4O5/c1-23-14(20)17-7-3-6-16(8-9-17)13(19)15-11-4-2-5-12(10-11)18(21)22/h2,4-5,10H,3,6-9H2,1H3,(H,15,19). The van der Waals surface area contributed by atoms with E-state index < -0.39 is 11.0 Å². The predicted molar refractivity (Wildman–Crippen MR) is 82.3 cm³/mol. The molecule has 0 bridgehead atoms. The topological polar surface area (TPSA) is 105 Å². The molecule has 124 valence electrons. The summed E-state index contributed by atoms with van der Waals surface area (Å²) in [6.07, 6.45) is 0.225. The quantitative estimate of drug-likeness (QED) is 0.661. The number of nitrogens with zero attached hydrogens (tertiary/aromatic N) is 3. The summed E-state index contributed by atoms with van der Waals surface area (Å²) in [6.45, 7) is 1.77. The second-order valence-corrected chi connectivity index (χ2v) is 5.04. The number of nitro groups is 1. The molecule has 1 aromatic carbocycles. The monoisotopic (exact) mass is 322 g/mol. The number of hydrogen-bond donors (Lipinski definition) is 1. The van der Waals surface area contributed by atoms with E-state index in [2.05, 4.69) is 10.1 Å². The van der Waals surface area contributed by atoms with Crippen LogP contribution in [0, 0.1) is 10.1 Å². The van der Waals surface area contributed by atoms with Gasteiger partial charge in [0.15, 0.2) is 0 Å². The van der Waals surface area contributed by atoms with Gasteiger partial charge in [-0.3, -0.25) is 10.1 Å². The molecule has 1 N–H and O–H groups in total. The van der Waals surface area contributed by atoms with E-state index in [1.165, 1.54) is 25.3 Å². The number of nitrogens with one attached hydrogen (secondary N) is 1. The number of anilines is 1. The fourth-order valence-electron chi connectivity index (χ4n) is 2.33. The summed E-state index contributed by atoms with van der Waals surface area (Å²) in [7, 11) is 1.32. The minimum atomic E-state index is -0.518. The van der Waals surface area contributed by atoms with Crippen LogP contribution in [0.15, 0.2) is 24.3 Å². The SMILES string of the molecule is COC(=O)N1CCCN(C(=O)Nc2cccc([N+](=O)[O-])c2)CC1. The van der Waals surface area contributed by atoms with Gasteiger partial charge in [0.25, 0.3) is 5.69 Å². The highest BCUT2D eigenvalue weighted by Crippen LogP contribution is 2.17. The van der Waals surface area contributed by atoms with E-state index in [4.69, 9.17) is 0 Å². The summed E-state index contributed by atoms with van der Waals surface area (Å²) < 4.78 is 4.68. The molecule has 0 aliphatic carbocycles. The maximum atomic E-state index is 12.3. The van der Waals surface area contributed by atoms with Gasteiger partial charge in [0.05, 0.1) is 12.0 Å². The van der Waals surface area contributed by atoms with E-state index in [1.807, 2.05) is 0 Å². The number of non-ortho nitro benzene ring substituents is 1. The van der Waals surface area contributed by atoms with Crippen molar-refractivity contribution in [3.63, 3.8) is 0 Å². The lowest BCUT2D eigenvalue weighted by Crippen LogP contribution is -2.39. The van der Waals surface area contributed by atoms with Crippen LogP contribution in [0.4, 0.5) is 21.0 Å². The summed E-state index contributed by atoms with van der Waals surface area (Å²) >= 11 is 0. The highest BCUT2D eigenvalue weighted by molar-refractivity contribution is 5.89. The maximum Gasteiger partial charge on any atom is 0.409 e. The zero-order valence-corrected chi connectivity index (χ0v) is 12.7. The number of carbonyl (C=O) groups is 2. The minimum absolute atomic E-state index is 0.0875. The number of nitro benzene ring substituents is 1. The summed E-state index contributed by atoms with van der Waals surface area (Å²) in [4.78, 5) is 37.1. The number of amides is 3. The highest BCUT2D eigenvalue weighted by atomic mass is 16.6. The fourth-order valence-corrected chi connectivity index (χ4v) is 2.33. The van der Waals surface area contributed by atoms with Crippen LogP contribution in [-0.4, -0.2) is 60.1 Å². The van der Waals surface area contributed by atoms with Gasteiger partial charge in [0.2, 0.25) is 0 Å². The summed E-state index contributed by atoms with van der Waals surface area (Å²) in [6, 6.07) is 5.41. The molecule has 9 heteroatoms. The lowest BCUT2D eigenvalue weighted by Gasteiger charge is -2.21. The number of urea groups is 1. The molecule has 0 radical (unpaired) electrons. The Bertz CT molecular complexity index is 607. The van der Waals surface area contributed by atoms with E-state index in [0.717, 1.165) is 0 Å². The summed E-state index contributed by atoms with van der Waals surface area (Å²) in [5, 5.41) is 13.4. The van der Waals surface area contributed by atoms with Crippen LogP contribution in [0.2, 0.25) is 0 Å². The molecule has 0 unspecified atom stereocenters. The Morgan fingerprint density at radius 2 is 1.91 bits per heavy atom.